The number of rotatable bonds is 3. The molecule has 0 saturated carbocycles. The second kappa shape index (κ2) is 6.11. The number of carbonyl (C=O) groups excluding carboxylic acids is 1. The number of aromatic nitrogens is 3. The Balaban J connectivity index is 2.28. The number of hydrogen-bond donors (Lipinski definition) is 1. The van der Waals surface area contributed by atoms with Crippen molar-refractivity contribution >= 4 is 50.9 Å². The summed E-state index contributed by atoms with van der Waals surface area (Å²) in [4.78, 5) is 19.9. The van der Waals surface area contributed by atoms with E-state index in [-0.39, 0.29) is 28.2 Å². The molecule has 0 fully saturated rings. The first-order valence-corrected chi connectivity index (χ1v) is 7.30. The van der Waals surface area contributed by atoms with Crippen LogP contribution in [0.15, 0.2) is 22.8 Å². The summed E-state index contributed by atoms with van der Waals surface area (Å²) >= 11 is 14.8. The Morgan fingerprint density at radius 2 is 2.05 bits per heavy atom. The Hall–Kier alpha value is -1.11. The van der Waals surface area contributed by atoms with Crippen molar-refractivity contribution in [1.29, 1.82) is 0 Å². The number of amides is 1. The zero-order chi connectivity index (χ0) is 14.9. The number of nitrogens with one attached hydrogen (secondary N) is 1. The van der Waals surface area contributed by atoms with Crippen molar-refractivity contribution in [2.45, 2.75) is 19.9 Å². The highest BCUT2D eigenvalue weighted by Gasteiger charge is 2.16. The van der Waals surface area contributed by atoms with Gasteiger partial charge in [0.25, 0.3) is 5.91 Å². The number of anilines is 1. The fourth-order valence-corrected chi connectivity index (χ4v) is 2.54. The molecular weight excluding hydrogens is 367 g/mol. The lowest BCUT2D eigenvalue weighted by Crippen LogP contribution is -2.18. The minimum absolute atomic E-state index is 0.0202. The summed E-state index contributed by atoms with van der Waals surface area (Å²) in [7, 11) is 0. The van der Waals surface area contributed by atoms with Crippen molar-refractivity contribution in [3.05, 3.63) is 38.9 Å². The maximum atomic E-state index is 12.3. The normalized spacial score (nSPS) is 10.9. The van der Waals surface area contributed by atoms with Gasteiger partial charge < -0.3 is 9.88 Å². The Bertz CT molecular complexity index is 637. The van der Waals surface area contributed by atoms with Gasteiger partial charge in [-0.25, -0.2) is 9.97 Å². The second-order valence-electron chi connectivity index (χ2n) is 4.34. The molecule has 20 heavy (non-hydrogen) atoms. The van der Waals surface area contributed by atoms with Crippen LogP contribution in [0.2, 0.25) is 10.4 Å². The van der Waals surface area contributed by atoms with E-state index in [2.05, 4.69) is 31.2 Å². The van der Waals surface area contributed by atoms with E-state index in [1.165, 1.54) is 6.07 Å². The first-order chi connectivity index (χ1) is 9.36. The molecule has 0 unspecified atom stereocenters. The lowest BCUT2D eigenvalue weighted by molar-refractivity contribution is 0.101. The lowest BCUT2D eigenvalue weighted by atomic mass is 10.3. The van der Waals surface area contributed by atoms with Crippen LogP contribution in [0.5, 0.6) is 0 Å². The summed E-state index contributed by atoms with van der Waals surface area (Å²) in [6.45, 7) is 3.98. The summed E-state index contributed by atoms with van der Waals surface area (Å²) in [5.41, 5.74) is 0.512. The zero-order valence-corrected chi connectivity index (χ0v) is 13.8. The van der Waals surface area contributed by atoms with Crippen molar-refractivity contribution in [1.82, 2.24) is 14.5 Å². The average Bonchev–Trinajstić information content (AvgIpc) is 2.70. The van der Waals surface area contributed by atoms with Crippen molar-refractivity contribution in [2.24, 2.45) is 0 Å². The zero-order valence-electron chi connectivity index (χ0n) is 10.7. The minimum Gasteiger partial charge on any atom is -0.340 e. The van der Waals surface area contributed by atoms with Gasteiger partial charge in [0.1, 0.15) is 16.7 Å². The molecule has 2 aromatic heterocycles. The highest BCUT2D eigenvalue weighted by molar-refractivity contribution is 9.10. The summed E-state index contributed by atoms with van der Waals surface area (Å²) < 4.78 is 2.68. The molecule has 5 nitrogen and oxygen atoms in total. The first kappa shape index (κ1) is 15.3. The highest BCUT2D eigenvalue weighted by atomic mass is 79.9. The van der Waals surface area contributed by atoms with Crippen LogP contribution in [0.25, 0.3) is 0 Å². The molecule has 0 atom stereocenters. The van der Waals surface area contributed by atoms with Gasteiger partial charge in [0.05, 0.1) is 0 Å². The van der Waals surface area contributed by atoms with Crippen LogP contribution in [-0.2, 0) is 0 Å². The molecule has 0 aromatic carbocycles. The third-order valence-corrected chi connectivity index (χ3v) is 3.31. The third-order valence-electron chi connectivity index (χ3n) is 2.51. The van der Waals surface area contributed by atoms with Crippen molar-refractivity contribution in [3.63, 3.8) is 0 Å². The molecule has 0 aliphatic carbocycles. The Morgan fingerprint density at radius 1 is 1.35 bits per heavy atom. The molecule has 106 valence electrons. The predicted molar refractivity (Wildman–Crippen MR) is 82.5 cm³/mol. The van der Waals surface area contributed by atoms with Crippen LogP contribution in [0.3, 0.4) is 0 Å². The van der Waals surface area contributed by atoms with Gasteiger partial charge in [0.15, 0.2) is 0 Å². The monoisotopic (exact) mass is 376 g/mol. The van der Waals surface area contributed by atoms with E-state index < -0.39 is 0 Å². The molecule has 2 rings (SSSR count). The van der Waals surface area contributed by atoms with Crippen molar-refractivity contribution in [3.8, 4) is 0 Å². The Morgan fingerprint density at radius 3 is 2.65 bits per heavy atom. The highest BCUT2D eigenvalue weighted by Crippen LogP contribution is 2.21. The van der Waals surface area contributed by atoms with Crippen LogP contribution in [0.4, 0.5) is 5.82 Å². The molecule has 0 aliphatic rings. The van der Waals surface area contributed by atoms with Gasteiger partial charge in [-0.3, -0.25) is 4.79 Å². The van der Waals surface area contributed by atoms with Gasteiger partial charge in [0.2, 0.25) is 5.28 Å². The predicted octanol–water partition coefficient (Wildman–Crippen LogP) is 4.18. The smallest absolute Gasteiger partial charge is 0.273 e. The SMILES string of the molecule is CC(C)n1cc(Br)cc1C(=O)Nc1cc(Cl)nc(Cl)n1. The van der Waals surface area contributed by atoms with E-state index in [0.717, 1.165) is 4.47 Å². The quantitative estimate of drug-likeness (QED) is 0.644. The molecule has 0 aliphatic heterocycles. The maximum Gasteiger partial charge on any atom is 0.273 e. The molecule has 8 heteroatoms. The summed E-state index contributed by atoms with van der Waals surface area (Å²) in [6.07, 6.45) is 1.85. The first-order valence-electron chi connectivity index (χ1n) is 5.75. The fourth-order valence-electron chi connectivity index (χ4n) is 1.69. The van der Waals surface area contributed by atoms with E-state index in [0.29, 0.717) is 5.69 Å². The van der Waals surface area contributed by atoms with Crippen LogP contribution in [0, 0.1) is 0 Å². The number of nitrogens with zero attached hydrogens (tertiary/aromatic N) is 3. The van der Waals surface area contributed by atoms with E-state index in [4.69, 9.17) is 23.2 Å². The average molecular weight is 378 g/mol. The Labute approximate surface area is 134 Å². The van der Waals surface area contributed by atoms with Crippen molar-refractivity contribution < 1.29 is 4.79 Å². The van der Waals surface area contributed by atoms with Gasteiger partial charge in [-0.1, -0.05) is 11.6 Å². The molecular formula is C12H11BrCl2N4O. The number of hydrogen-bond acceptors (Lipinski definition) is 3. The molecule has 0 saturated heterocycles. The minimum atomic E-state index is -0.296. The van der Waals surface area contributed by atoms with Gasteiger partial charge in [-0.05, 0) is 47.4 Å². The fraction of sp³-hybridized carbons (Fsp3) is 0.250. The van der Waals surface area contributed by atoms with E-state index in [1.807, 2.05) is 24.6 Å². The van der Waals surface area contributed by atoms with Crippen LogP contribution in [0.1, 0.15) is 30.4 Å². The molecule has 1 N–H and O–H groups in total. The van der Waals surface area contributed by atoms with Gasteiger partial charge in [0, 0.05) is 22.8 Å². The summed E-state index contributed by atoms with van der Waals surface area (Å²) in [6, 6.07) is 3.32. The van der Waals surface area contributed by atoms with E-state index in [1.54, 1.807) is 6.07 Å². The molecule has 0 radical (unpaired) electrons. The topological polar surface area (TPSA) is 59.8 Å². The molecule has 2 aromatic rings. The van der Waals surface area contributed by atoms with Gasteiger partial charge >= 0.3 is 0 Å². The molecule has 1 amide bonds. The van der Waals surface area contributed by atoms with Gasteiger partial charge in [-0.15, -0.1) is 0 Å². The third kappa shape index (κ3) is 3.50. The molecule has 2 heterocycles. The second-order valence-corrected chi connectivity index (χ2v) is 5.98. The van der Waals surface area contributed by atoms with E-state index in [9.17, 15) is 4.79 Å². The largest absolute Gasteiger partial charge is 0.340 e. The standard InChI is InChI=1S/C12H11BrCl2N4O/c1-6(2)19-5-7(13)3-8(19)11(20)17-10-4-9(14)16-12(15)18-10/h3-6H,1-2H3,(H,16,17,18,20). The summed E-state index contributed by atoms with van der Waals surface area (Å²) in [5, 5.41) is 2.80. The number of carbonyl (C=O) groups is 1. The van der Waals surface area contributed by atoms with Crippen LogP contribution in [-0.4, -0.2) is 20.4 Å². The van der Waals surface area contributed by atoms with Crippen molar-refractivity contribution in [2.75, 3.05) is 5.32 Å². The van der Waals surface area contributed by atoms with E-state index >= 15 is 0 Å². The molecule has 0 spiro atoms. The maximum absolute atomic E-state index is 12.3. The van der Waals surface area contributed by atoms with Crippen LogP contribution >= 0.6 is 39.1 Å². The summed E-state index contributed by atoms with van der Waals surface area (Å²) in [5.74, 6) is -0.0390. The number of halogens is 3. The Kier molecular flexibility index (Phi) is 4.67. The van der Waals surface area contributed by atoms with Gasteiger partial charge in [-0.2, -0.15) is 0 Å². The lowest BCUT2D eigenvalue weighted by Gasteiger charge is -2.12. The van der Waals surface area contributed by atoms with Crippen LogP contribution < -0.4 is 5.32 Å². The molecule has 0 bridgehead atoms.